The first-order valence-electron chi connectivity index (χ1n) is 8.48. The van der Waals surface area contributed by atoms with Crippen molar-refractivity contribution in [3.8, 4) is 0 Å². The zero-order chi connectivity index (χ0) is 17.2. The van der Waals surface area contributed by atoms with Gasteiger partial charge in [0.05, 0.1) is 17.4 Å². The molecule has 24 heavy (non-hydrogen) atoms. The Labute approximate surface area is 143 Å². The minimum atomic E-state index is -3.50. The van der Waals surface area contributed by atoms with Crippen LogP contribution in [0.5, 0.6) is 0 Å². The number of ether oxygens (including phenoxy) is 1. The molecule has 2 fully saturated rings. The van der Waals surface area contributed by atoms with Crippen LogP contribution in [0.4, 0.5) is 5.69 Å². The molecule has 0 bridgehead atoms. The highest BCUT2D eigenvalue weighted by atomic mass is 32.2. The van der Waals surface area contributed by atoms with Crippen molar-refractivity contribution in [3.63, 3.8) is 0 Å². The quantitative estimate of drug-likeness (QED) is 0.901. The number of aryl methyl sites for hydroxylation is 1. The molecular weight excluding hydrogens is 328 g/mol. The van der Waals surface area contributed by atoms with Gasteiger partial charge in [0.15, 0.2) is 0 Å². The lowest BCUT2D eigenvalue weighted by molar-refractivity contribution is -0.119. The molecule has 1 unspecified atom stereocenters. The van der Waals surface area contributed by atoms with E-state index in [0.29, 0.717) is 38.4 Å². The largest absolute Gasteiger partial charge is 0.381 e. The number of anilines is 1. The second-order valence-corrected chi connectivity index (χ2v) is 8.43. The van der Waals surface area contributed by atoms with E-state index in [1.807, 2.05) is 6.92 Å². The number of hydrogen-bond donors (Lipinski definition) is 1. The first kappa shape index (κ1) is 17.4. The number of rotatable bonds is 4. The number of nitrogens with zero attached hydrogens (tertiary/aromatic N) is 1. The molecule has 1 N–H and O–H groups in total. The zero-order valence-corrected chi connectivity index (χ0v) is 14.8. The van der Waals surface area contributed by atoms with Gasteiger partial charge in [-0.2, -0.15) is 4.31 Å². The molecule has 0 spiro atoms. The maximum absolute atomic E-state index is 12.8. The Kier molecular flexibility index (Phi) is 5.22. The Balaban J connectivity index is 1.81. The predicted octanol–water partition coefficient (Wildman–Crippen LogP) is 2.14. The van der Waals surface area contributed by atoms with Crippen LogP contribution in [0.1, 0.15) is 31.2 Å². The van der Waals surface area contributed by atoms with Gasteiger partial charge >= 0.3 is 0 Å². The van der Waals surface area contributed by atoms with Gasteiger partial charge in [-0.15, -0.1) is 0 Å². The van der Waals surface area contributed by atoms with Crippen molar-refractivity contribution in [2.75, 3.05) is 31.6 Å². The van der Waals surface area contributed by atoms with Crippen LogP contribution in [0.15, 0.2) is 23.1 Å². The van der Waals surface area contributed by atoms with Gasteiger partial charge in [0.1, 0.15) is 0 Å². The third kappa shape index (κ3) is 3.63. The van der Waals surface area contributed by atoms with Gasteiger partial charge in [-0.25, -0.2) is 8.42 Å². The van der Waals surface area contributed by atoms with E-state index in [4.69, 9.17) is 4.74 Å². The summed E-state index contributed by atoms with van der Waals surface area (Å²) in [6, 6.07) is 4.94. The monoisotopic (exact) mass is 352 g/mol. The molecule has 1 atom stereocenters. The predicted molar refractivity (Wildman–Crippen MR) is 91.3 cm³/mol. The summed E-state index contributed by atoms with van der Waals surface area (Å²) in [6.07, 6.45) is 3.58. The van der Waals surface area contributed by atoms with Crippen LogP contribution in [0.2, 0.25) is 0 Å². The van der Waals surface area contributed by atoms with Crippen molar-refractivity contribution >= 4 is 21.6 Å². The zero-order valence-electron chi connectivity index (χ0n) is 14.0. The fourth-order valence-electron chi connectivity index (χ4n) is 3.13. The van der Waals surface area contributed by atoms with E-state index >= 15 is 0 Å². The highest BCUT2D eigenvalue weighted by molar-refractivity contribution is 7.89. The molecule has 0 saturated carbocycles. The molecule has 2 aliphatic heterocycles. The SMILES string of the molecule is Cc1ccc(S(=O)(=O)N2CCCCC2)cc1NC(=O)C1CCOC1. The van der Waals surface area contributed by atoms with Crippen molar-refractivity contribution in [1.29, 1.82) is 0 Å². The lowest BCUT2D eigenvalue weighted by Gasteiger charge is -2.26. The van der Waals surface area contributed by atoms with E-state index in [9.17, 15) is 13.2 Å². The van der Waals surface area contributed by atoms with Gasteiger partial charge in [0.25, 0.3) is 0 Å². The van der Waals surface area contributed by atoms with E-state index in [2.05, 4.69) is 5.32 Å². The van der Waals surface area contributed by atoms with E-state index < -0.39 is 10.0 Å². The normalized spacial score (nSPS) is 22.5. The summed E-state index contributed by atoms with van der Waals surface area (Å²) in [5.74, 6) is -0.269. The Hall–Kier alpha value is -1.44. The van der Waals surface area contributed by atoms with Crippen molar-refractivity contribution in [1.82, 2.24) is 4.31 Å². The van der Waals surface area contributed by atoms with Crippen LogP contribution in [0.25, 0.3) is 0 Å². The first-order chi connectivity index (χ1) is 11.5. The summed E-state index contributed by atoms with van der Waals surface area (Å²) in [4.78, 5) is 12.5. The maximum atomic E-state index is 12.8. The number of carbonyl (C=O) groups is 1. The molecular formula is C17H24N2O4S. The van der Waals surface area contributed by atoms with Gasteiger partial charge in [0.2, 0.25) is 15.9 Å². The molecule has 7 heteroatoms. The van der Waals surface area contributed by atoms with Gasteiger partial charge in [0, 0.05) is 25.4 Å². The lowest BCUT2D eigenvalue weighted by atomic mass is 10.1. The molecule has 1 aromatic carbocycles. The average molecular weight is 352 g/mol. The molecule has 0 aromatic heterocycles. The molecule has 2 aliphatic rings. The summed E-state index contributed by atoms with van der Waals surface area (Å²) >= 11 is 0. The smallest absolute Gasteiger partial charge is 0.243 e. The number of sulfonamides is 1. The first-order valence-corrected chi connectivity index (χ1v) is 9.92. The minimum absolute atomic E-state index is 0.108. The van der Waals surface area contributed by atoms with E-state index in [-0.39, 0.29) is 16.7 Å². The molecule has 1 amide bonds. The Morgan fingerprint density at radius 3 is 2.67 bits per heavy atom. The third-order valence-corrected chi connectivity index (χ3v) is 6.61. The summed E-state index contributed by atoms with van der Waals surface area (Å²) in [6.45, 7) is 4.02. The summed E-state index contributed by atoms with van der Waals surface area (Å²) < 4.78 is 32.4. The Morgan fingerprint density at radius 1 is 1.25 bits per heavy atom. The summed E-state index contributed by atoms with van der Waals surface area (Å²) in [7, 11) is -3.50. The molecule has 3 rings (SSSR count). The standard InChI is InChI=1S/C17H24N2O4S/c1-13-5-6-15(24(21,22)19-8-3-2-4-9-19)11-16(13)18-17(20)14-7-10-23-12-14/h5-6,11,14H,2-4,7-10,12H2,1H3,(H,18,20). The van der Waals surface area contributed by atoms with Crippen LogP contribution < -0.4 is 5.32 Å². The molecule has 6 nitrogen and oxygen atoms in total. The van der Waals surface area contributed by atoms with E-state index in [1.165, 1.54) is 4.31 Å². The molecule has 132 valence electrons. The van der Waals surface area contributed by atoms with Crippen molar-refractivity contribution < 1.29 is 17.9 Å². The Morgan fingerprint density at radius 2 is 2.00 bits per heavy atom. The van der Waals surface area contributed by atoms with Crippen LogP contribution in [-0.4, -0.2) is 44.9 Å². The number of benzene rings is 1. The summed E-state index contributed by atoms with van der Waals surface area (Å²) in [5, 5.41) is 2.87. The second-order valence-electron chi connectivity index (χ2n) is 6.49. The van der Waals surface area contributed by atoms with Gasteiger partial charge < -0.3 is 10.1 Å². The highest BCUT2D eigenvalue weighted by Crippen LogP contribution is 2.26. The maximum Gasteiger partial charge on any atom is 0.243 e. The van der Waals surface area contributed by atoms with Crippen molar-refractivity contribution in [2.24, 2.45) is 5.92 Å². The topological polar surface area (TPSA) is 75.7 Å². The molecule has 2 heterocycles. The average Bonchev–Trinajstić information content (AvgIpc) is 3.12. The van der Waals surface area contributed by atoms with Gasteiger partial charge in [-0.3, -0.25) is 4.79 Å². The van der Waals surface area contributed by atoms with Crippen LogP contribution in [0.3, 0.4) is 0 Å². The lowest BCUT2D eigenvalue weighted by Crippen LogP contribution is -2.35. The number of carbonyl (C=O) groups excluding carboxylic acids is 1. The van der Waals surface area contributed by atoms with Crippen molar-refractivity contribution in [3.05, 3.63) is 23.8 Å². The highest BCUT2D eigenvalue weighted by Gasteiger charge is 2.27. The third-order valence-electron chi connectivity index (χ3n) is 4.72. The Bertz CT molecular complexity index is 705. The molecule has 1 aromatic rings. The number of nitrogens with one attached hydrogen (secondary N) is 1. The summed E-state index contributed by atoms with van der Waals surface area (Å²) in [5.41, 5.74) is 1.41. The molecule has 0 aliphatic carbocycles. The fourth-order valence-corrected chi connectivity index (χ4v) is 4.67. The molecule has 0 radical (unpaired) electrons. The van der Waals surface area contributed by atoms with Crippen molar-refractivity contribution in [2.45, 2.75) is 37.5 Å². The fraction of sp³-hybridized carbons (Fsp3) is 0.588. The van der Waals surface area contributed by atoms with Crippen LogP contribution in [0, 0.1) is 12.8 Å². The van der Waals surface area contributed by atoms with E-state index in [0.717, 1.165) is 24.8 Å². The number of amides is 1. The minimum Gasteiger partial charge on any atom is -0.381 e. The number of hydrogen-bond acceptors (Lipinski definition) is 4. The molecule has 2 saturated heterocycles. The van der Waals surface area contributed by atoms with Crippen LogP contribution in [-0.2, 0) is 19.6 Å². The number of piperidine rings is 1. The van der Waals surface area contributed by atoms with E-state index in [1.54, 1.807) is 18.2 Å². The second kappa shape index (κ2) is 7.21. The van der Waals surface area contributed by atoms with Gasteiger partial charge in [-0.1, -0.05) is 12.5 Å². The van der Waals surface area contributed by atoms with Gasteiger partial charge in [-0.05, 0) is 43.9 Å². The van der Waals surface area contributed by atoms with Crippen LogP contribution >= 0.6 is 0 Å².